The van der Waals surface area contributed by atoms with Crippen LogP contribution in [0.1, 0.15) is 50.2 Å². The van der Waals surface area contributed by atoms with Gasteiger partial charge in [-0.25, -0.2) is 0 Å². The van der Waals surface area contributed by atoms with Gasteiger partial charge in [-0.3, -0.25) is 4.68 Å². The molecule has 5 nitrogen and oxygen atoms in total. The average molecular weight is 418 g/mol. The number of rotatable bonds is 6. The van der Waals surface area contributed by atoms with Crippen LogP contribution in [-0.4, -0.2) is 28.1 Å². The zero-order valence-electron chi connectivity index (χ0n) is 19.3. The van der Waals surface area contributed by atoms with E-state index in [9.17, 15) is 0 Å². The van der Waals surface area contributed by atoms with Gasteiger partial charge in [0.05, 0.1) is 23.4 Å². The topological polar surface area (TPSA) is 45.5 Å². The zero-order valence-corrected chi connectivity index (χ0v) is 19.3. The second-order valence-electron chi connectivity index (χ2n) is 9.25. The minimum absolute atomic E-state index is 0.372. The van der Waals surface area contributed by atoms with Crippen LogP contribution in [0.3, 0.4) is 0 Å². The van der Waals surface area contributed by atoms with Gasteiger partial charge in [0.15, 0.2) is 0 Å². The fourth-order valence-electron chi connectivity index (χ4n) is 3.81. The molecule has 2 aromatic carbocycles. The summed E-state index contributed by atoms with van der Waals surface area (Å²) in [7, 11) is -0.403. The summed E-state index contributed by atoms with van der Waals surface area (Å²) >= 11 is 0. The van der Waals surface area contributed by atoms with Gasteiger partial charge in [-0.15, -0.1) is 0 Å². The molecule has 1 aromatic heterocycles. The molecule has 4 rings (SSSR count). The number of hydrogen-bond donors (Lipinski definition) is 0. The van der Waals surface area contributed by atoms with E-state index in [1.807, 2.05) is 41.9 Å². The fraction of sp³-hybridized carbons (Fsp3) is 0.400. The number of aromatic nitrogens is 2. The van der Waals surface area contributed by atoms with Gasteiger partial charge in [0.1, 0.15) is 12.4 Å². The molecule has 0 unspecified atom stereocenters. The number of aryl methyl sites for hydroxylation is 1. The van der Waals surface area contributed by atoms with E-state index in [0.29, 0.717) is 13.2 Å². The van der Waals surface area contributed by atoms with Gasteiger partial charge in [-0.1, -0.05) is 42.5 Å². The van der Waals surface area contributed by atoms with Crippen molar-refractivity contribution in [3.63, 3.8) is 0 Å². The lowest BCUT2D eigenvalue weighted by Crippen LogP contribution is -2.41. The molecule has 3 aromatic rings. The van der Waals surface area contributed by atoms with E-state index < -0.39 is 7.12 Å². The first-order valence-corrected chi connectivity index (χ1v) is 10.8. The summed E-state index contributed by atoms with van der Waals surface area (Å²) in [6.07, 6.45) is 0. The molecule has 1 aliphatic rings. The second kappa shape index (κ2) is 8.17. The number of nitrogens with zero attached hydrogens (tertiary/aromatic N) is 2. The molecular formula is C25H31BN2O3. The maximum atomic E-state index is 6.27. The standard InChI is InChI=1S/C25H31BN2O3/c1-18-23(26-30-24(3,4)25(5,6)31-26)19(2)28(27-18)16-21-13-10-14-22(15-21)29-17-20-11-8-7-9-12-20/h7-15H,16-17H2,1-6H3. The smallest absolute Gasteiger partial charge is 0.489 e. The van der Waals surface area contributed by atoms with Crippen LogP contribution in [0.2, 0.25) is 0 Å². The van der Waals surface area contributed by atoms with Crippen LogP contribution in [0.5, 0.6) is 5.75 Å². The van der Waals surface area contributed by atoms with Crippen molar-refractivity contribution in [1.82, 2.24) is 9.78 Å². The van der Waals surface area contributed by atoms with Gasteiger partial charge >= 0.3 is 7.12 Å². The van der Waals surface area contributed by atoms with E-state index in [0.717, 1.165) is 33.7 Å². The molecule has 1 aliphatic heterocycles. The normalized spacial score (nSPS) is 17.2. The molecule has 0 amide bonds. The van der Waals surface area contributed by atoms with E-state index in [4.69, 9.17) is 19.1 Å². The van der Waals surface area contributed by atoms with Crippen molar-refractivity contribution in [3.8, 4) is 5.75 Å². The summed E-state index contributed by atoms with van der Waals surface area (Å²) in [6.45, 7) is 13.6. The summed E-state index contributed by atoms with van der Waals surface area (Å²) < 4.78 is 20.6. The molecular weight excluding hydrogens is 387 g/mol. The van der Waals surface area contributed by atoms with Crippen molar-refractivity contribution >= 4 is 12.6 Å². The SMILES string of the molecule is Cc1nn(Cc2cccc(OCc3ccccc3)c2)c(C)c1B1OC(C)(C)C(C)(C)O1. The highest BCUT2D eigenvalue weighted by molar-refractivity contribution is 6.63. The van der Waals surface area contributed by atoms with Crippen molar-refractivity contribution in [2.45, 2.75) is 65.9 Å². The Labute approximate surface area is 185 Å². The van der Waals surface area contributed by atoms with Gasteiger partial charge in [-0.2, -0.15) is 5.10 Å². The Bertz CT molecular complexity index is 1040. The van der Waals surface area contributed by atoms with Gasteiger partial charge in [0.25, 0.3) is 0 Å². The zero-order chi connectivity index (χ0) is 22.2. The fourth-order valence-corrected chi connectivity index (χ4v) is 3.81. The highest BCUT2D eigenvalue weighted by Gasteiger charge is 2.53. The quantitative estimate of drug-likeness (QED) is 0.556. The number of hydrogen-bond acceptors (Lipinski definition) is 4. The van der Waals surface area contributed by atoms with Crippen molar-refractivity contribution in [2.24, 2.45) is 0 Å². The van der Waals surface area contributed by atoms with Crippen molar-refractivity contribution in [2.75, 3.05) is 0 Å². The highest BCUT2D eigenvalue weighted by Crippen LogP contribution is 2.37. The molecule has 1 saturated heterocycles. The minimum atomic E-state index is -0.403. The summed E-state index contributed by atoms with van der Waals surface area (Å²) in [5.41, 5.74) is 4.57. The molecule has 0 atom stereocenters. The van der Waals surface area contributed by atoms with E-state index >= 15 is 0 Å². The van der Waals surface area contributed by atoms with Crippen molar-refractivity contribution < 1.29 is 14.0 Å². The van der Waals surface area contributed by atoms with E-state index in [1.54, 1.807) is 0 Å². The Kier molecular flexibility index (Phi) is 5.71. The van der Waals surface area contributed by atoms with Crippen molar-refractivity contribution in [1.29, 1.82) is 0 Å². The minimum Gasteiger partial charge on any atom is -0.489 e. The van der Waals surface area contributed by atoms with Gasteiger partial charge in [0.2, 0.25) is 0 Å². The van der Waals surface area contributed by atoms with Gasteiger partial charge < -0.3 is 14.0 Å². The monoisotopic (exact) mass is 418 g/mol. The van der Waals surface area contributed by atoms with Crippen LogP contribution >= 0.6 is 0 Å². The Morgan fingerprint density at radius 2 is 1.55 bits per heavy atom. The lowest BCUT2D eigenvalue weighted by Gasteiger charge is -2.32. The lowest BCUT2D eigenvalue weighted by molar-refractivity contribution is 0.00578. The highest BCUT2D eigenvalue weighted by atomic mass is 16.7. The first kappa shape index (κ1) is 21.7. The maximum Gasteiger partial charge on any atom is 0.498 e. The van der Waals surface area contributed by atoms with Crippen LogP contribution in [0.4, 0.5) is 0 Å². The van der Waals surface area contributed by atoms with Crippen molar-refractivity contribution in [3.05, 3.63) is 77.1 Å². The average Bonchev–Trinajstić information content (AvgIpc) is 3.11. The number of ether oxygens (including phenoxy) is 1. The Balaban J connectivity index is 1.50. The van der Waals surface area contributed by atoms with E-state index in [1.165, 1.54) is 0 Å². The molecule has 0 saturated carbocycles. The molecule has 0 aliphatic carbocycles. The summed E-state index contributed by atoms with van der Waals surface area (Å²) in [5, 5.41) is 4.78. The molecule has 0 spiro atoms. The van der Waals surface area contributed by atoms with Gasteiger partial charge in [0, 0.05) is 11.2 Å². The Hall–Kier alpha value is -2.57. The second-order valence-corrected chi connectivity index (χ2v) is 9.25. The molecule has 0 radical (unpaired) electrons. The first-order valence-electron chi connectivity index (χ1n) is 10.8. The molecule has 2 heterocycles. The lowest BCUT2D eigenvalue weighted by atomic mass is 9.77. The third-order valence-electron chi connectivity index (χ3n) is 6.41. The molecule has 0 N–H and O–H groups in total. The molecule has 162 valence electrons. The number of benzene rings is 2. The first-order chi connectivity index (χ1) is 14.7. The maximum absolute atomic E-state index is 6.27. The van der Waals surface area contributed by atoms with Crippen LogP contribution in [0, 0.1) is 13.8 Å². The largest absolute Gasteiger partial charge is 0.498 e. The third kappa shape index (κ3) is 4.41. The van der Waals surface area contributed by atoms with Gasteiger partial charge in [-0.05, 0) is 64.8 Å². The predicted octanol–water partition coefficient (Wildman–Crippen LogP) is 4.43. The van der Waals surface area contributed by atoms with Crippen LogP contribution in [-0.2, 0) is 22.5 Å². The molecule has 31 heavy (non-hydrogen) atoms. The molecule has 0 bridgehead atoms. The Morgan fingerprint density at radius 3 is 2.23 bits per heavy atom. The summed E-state index contributed by atoms with van der Waals surface area (Å²) in [6, 6.07) is 18.4. The van der Waals surface area contributed by atoms with E-state index in [-0.39, 0.29) is 11.2 Å². The van der Waals surface area contributed by atoms with Crippen LogP contribution < -0.4 is 10.2 Å². The Morgan fingerprint density at radius 1 is 0.903 bits per heavy atom. The summed E-state index contributed by atoms with van der Waals surface area (Å²) in [4.78, 5) is 0. The van der Waals surface area contributed by atoms with E-state index in [2.05, 4.69) is 58.9 Å². The van der Waals surface area contributed by atoms with Crippen LogP contribution in [0.15, 0.2) is 54.6 Å². The third-order valence-corrected chi connectivity index (χ3v) is 6.41. The molecule has 1 fully saturated rings. The van der Waals surface area contributed by atoms with Crippen LogP contribution in [0.25, 0.3) is 0 Å². The molecule has 6 heteroatoms. The predicted molar refractivity (Wildman–Crippen MR) is 124 cm³/mol. The summed E-state index contributed by atoms with van der Waals surface area (Å²) in [5.74, 6) is 0.856.